The first-order valence-corrected chi connectivity index (χ1v) is 10.4. The van der Waals surface area contributed by atoms with Crippen molar-refractivity contribution in [3.05, 3.63) is 59.9 Å². The molecule has 0 aliphatic rings. The highest BCUT2D eigenvalue weighted by atomic mass is 32.2. The summed E-state index contributed by atoms with van der Waals surface area (Å²) in [4.78, 5) is 9.19. The van der Waals surface area contributed by atoms with Gasteiger partial charge in [-0.2, -0.15) is 0 Å². The van der Waals surface area contributed by atoms with E-state index in [0.717, 1.165) is 34.9 Å². The van der Waals surface area contributed by atoms with Crippen LogP contribution in [0, 0.1) is 4.78 Å². The average Bonchev–Trinajstić information content (AvgIpc) is 2.65. The molecule has 0 aliphatic heterocycles. The Morgan fingerprint density at radius 1 is 1.07 bits per heavy atom. The van der Waals surface area contributed by atoms with Crippen LogP contribution in [0.3, 0.4) is 0 Å². The molecule has 2 heterocycles. The molecule has 0 fully saturated rings. The van der Waals surface area contributed by atoms with Crippen LogP contribution in [-0.2, 0) is 22.6 Å². The minimum Gasteiger partial charge on any atom is -0.479 e. The van der Waals surface area contributed by atoms with Gasteiger partial charge in [-0.25, -0.2) is 14.0 Å². The first-order chi connectivity index (χ1) is 12.7. The summed E-state index contributed by atoms with van der Waals surface area (Å²) in [6, 6.07) is 11.6. The van der Waals surface area contributed by atoms with Crippen LogP contribution in [0.15, 0.2) is 53.7 Å². The Morgan fingerprint density at radius 3 is 2.52 bits per heavy atom. The van der Waals surface area contributed by atoms with Gasteiger partial charge in [-0.15, -0.1) is 0 Å². The summed E-state index contributed by atoms with van der Waals surface area (Å²) < 4.78 is 26.0. The number of benzene rings is 1. The Bertz CT molecular complexity index is 1070. The van der Waals surface area contributed by atoms with Crippen LogP contribution < -0.4 is 4.74 Å². The summed E-state index contributed by atoms with van der Waals surface area (Å²) in [7, 11) is -1.27. The molecule has 2 aromatic heterocycles. The highest BCUT2D eigenvalue weighted by Gasteiger charge is 2.27. The standard InChI is InChI=1S/C21H25N3O2S/c1-21(2,3)27(22,25)17-7-5-6-15(14-17)8-9-16-10-12-23-19-18(16)11-13-24-20(19)26-4/h5-7,10-14,22H,8-9H2,1-4H3/t27-/m0/s1. The minimum absolute atomic E-state index is 0.524. The molecule has 0 saturated heterocycles. The van der Waals surface area contributed by atoms with Crippen LogP contribution in [0.1, 0.15) is 31.9 Å². The van der Waals surface area contributed by atoms with E-state index in [1.165, 1.54) is 0 Å². The van der Waals surface area contributed by atoms with Gasteiger partial charge in [-0.05, 0) is 69.0 Å². The van der Waals surface area contributed by atoms with Crippen molar-refractivity contribution >= 4 is 20.6 Å². The van der Waals surface area contributed by atoms with Gasteiger partial charge in [-0.3, -0.25) is 4.98 Å². The van der Waals surface area contributed by atoms with Gasteiger partial charge in [0.05, 0.1) is 16.8 Å². The van der Waals surface area contributed by atoms with Gasteiger partial charge in [-0.1, -0.05) is 12.1 Å². The van der Waals surface area contributed by atoms with Crippen molar-refractivity contribution in [1.82, 2.24) is 9.97 Å². The monoisotopic (exact) mass is 383 g/mol. The Labute approximate surface area is 160 Å². The molecule has 0 bridgehead atoms. The van der Waals surface area contributed by atoms with Gasteiger partial charge in [0.25, 0.3) is 0 Å². The van der Waals surface area contributed by atoms with Crippen LogP contribution in [-0.4, -0.2) is 26.0 Å². The van der Waals surface area contributed by atoms with E-state index >= 15 is 0 Å². The van der Waals surface area contributed by atoms with Gasteiger partial charge >= 0.3 is 0 Å². The second-order valence-corrected chi connectivity index (χ2v) is 10.3. The number of ether oxygens (including phenoxy) is 1. The maximum atomic E-state index is 12.9. The van der Waals surface area contributed by atoms with E-state index in [4.69, 9.17) is 9.52 Å². The number of fused-ring (bicyclic) bond motifs is 1. The highest BCUT2D eigenvalue weighted by molar-refractivity contribution is 7.93. The number of hydrogen-bond donors (Lipinski definition) is 1. The molecule has 0 unspecified atom stereocenters. The van der Waals surface area contributed by atoms with Crippen LogP contribution in [0.25, 0.3) is 10.9 Å². The van der Waals surface area contributed by atoms with Crippen molar-refractivity contribution in [3.8, 4) is 5.88 Å². The number of methoxy groups -OCH3 is 1. The second kappa shape index (κ2) is 7.27. The molecule has 27 heavy (non-hydrogen) atoms. The molecule has 0 saturated carbocycles. The van der Waals surface area contributed by atoms with Gasteiger partial charge in [0.15, 0.2) is 0 Å². The molecule has 142 valence electrons. The van der Waals surface area contributed by atoms with Crippen molar-refractivity contribution in [1.29, 1.82) is 4.78 Å². The van der Waals surface area contributed by atoms with E-state index < -0.39 is 14.5 Å². The maximum Gasteiger partial charge on any atom is 0.240 e. The third-order valence-corrected chi connectivity index (χ3v) is 7.33. The number of nitrogens with zero attached hydrogens (tertiary/aromatic N) is 2. The number of hydrogen-bond acceptors (Lipinski definition) is 5. The predicted molar refractivity (Wildman–Crippen MR) is 109 cm³/mol. The number of pyridine rings is 2. The molecule has 0 amide bonds. The first kappa shape index (κ1) is 19.3. The fourth-order valence-electron chi connectivity index (χ4n) is 2.99. The summed E-state index contributed by atoms with van der Waals surface area (Å²) >= 11 is 0. The van der Waals surface area contributed by atoms with Crippen LogP contribution in [0.2, 0.25) is 0 Å². The third-order valence-electron chi connectivity index (χ3n) is 4.69. The zero-order chi connectivity index (χ0) is 19.7. The molecule has 3 rings (SSSR count). The lowest BCUT2D eigenvalue weighted by Gasteiger charge is -2.23. The Hall–Kier alpha value is -2.47. The van der Waals surface area contributed by atoms with Crippen molar-refractivity contribution in [3.63, 3.8) is 0 Å². The Kier molecular flexibility index (Phi) is 5.20. The van der Waals surface area contributed by atoms with Crippen molar-refractivity contribution in [2.75, 3.05) is 7.11 Å². The molecule has 0 radical (unpaired) electrons. The SMILES string of the molecule is COc1nccc2c(CCc3cccc([S@](=N)(=O)C(C)(C)C)c3)ccnc12. The molecular formula is C21H25N3O2S. The van der Waals surface area contributed by atoms with Gasteiger partial charge in [0, 0.05) is 27.4 Å². The number of aromatic nitrogens is 2. The summed E-state index contributed by atoms with van der Waals surface area (Å²) in [5.41, 5.74) is 2.99. The Morgan fingerprint density at radius 2 is 1.81 bits per heavy atom. The highest BCUT2D eigenvalue weighted by Crippen LogP contribution is 2.27. The van der Waals surface area contributed by atoms with Crippen LogP contribution in [0.5, 0.6) is 5.88 Å². The number of nitrogens with one attached hydrogen (secondary N) is 1. The van der Waals surface area contributed by atoms with E-state index in [9.17, 15) is 4.21 Å². The minimum atomic E-state index is -2.86. The molecular weight excluding hydrogens is 358 g/mol. The third kappa shape index (κ3) is 3.81. The van der Waals surface area contributed by atoms with Crippen molar-refractivity contribution in [2.45, 2.75) is 43.3 Å². The van der Waals surface area contributed by atoms with E-state index in [1.807, 2.05) is 51.1 Å². The topological polar surface area (TPSA) is 75.9 Å². The molecule has 1 atom stereocenters. The molecule has 5 nitrogen and oxygen atoms in total. The predicted octanol–water partition coefficient (Wildman–Crippen LogP) is 4.63. The smallest absolute Gasteiger partial charge is 0.240 e. The van der Waals surface area contributed by atoms with Crippen molar-refractivity contribution in [2.24, 2.45) is 0 Å². The number of aryl methyl sites for hydroxylation is 2. The zero-order valence-electron chi connectivity index (χ0n) is 16.2. The average molecular weight is 384 g/mol. The number of rotatable bonds is 5. The lowest BCUT2D eigenvalue weighted by molar-refractivity contribution is 0.402. The molecule has 1 aromatic carbocycles. The fraction of sp³-hybridized carbons (Fsp3) is 0.333. The van der Waals surface area contributed by atoms with E-state index in [1.54, 1.807) is 25.6 Å². The molecule has 0 aliphatic carbocycles. The summed E-state index contributed by atoms with van der Waals surface area (Å²) in [6.45, 7) is 5.54. The molecule has 0 spiro atoms. The lowest BCUT2D eigenvalue weighted by atomic mass is 10.0. The molecule has 1 N–H and O–H groups in total. The zero-order valence-corrected chi connectivity index (χ0v) is 17.0. The quantitative estimate of drug-likeness (QED) is 0.697. The molecule has 6 heteroatoms. The summed E-state index contributed by atoms with van der Waals surface area (Å²) in [5.74, 6) is 0.524. The van der Waals surface area contributed by atoms with Gasteiger partial charge < -0.3 is 4.74 Å². The normalized spacial score (nSPS) is 14.1. The second-order valence-electron chi connectivity index (χ2n) is 7.50. The maximum absolute atomic E-state index is 12.9. The van der Waals surface area contributed by atoms with Gasteiger partial charge in [0.2, 0.25) is 5.88 Å². The van der Waals surface area contributed by atoms with Crippen molar-refractivity contribution < 1.29 is 8.95 Å². The van der Waals surface area contributed by atoms with Crippen LogP contribution in [0.4, 0.5) is 0 Å². The fourth-order valence-corrected chi connectivity index (χ4v) is 4.28. The first-order valence-electron chi connectivity index (χ1n) is 8.88. The largest absolute Gasteiger partial charge is 0.479 e. The Balaban J connectivity index is 1.89. The summed E-state index contributed by atoms with van der Waals surface area (Å²) in [6.07, 6.45) is 5.10. The lowest BCUT2D eigenvalue weighted by Crippen LogP contribution is -2.26. The van der Waals surface area contributed by atoms with E-state index in [-0.39, 0.29) is 0 Å². The molecule has 3 aromatic rings. The summed E-state index contributed by atoms with van der Waals surface area (Å²) in [5, 5.41) is 1.03. The van der Waals surface area contributed by atoms with E-state index in [0.29, 0.717) is 10.8 Å². The van der Waals surface area contributed by atoms with Crippen LogP contribution >= 0.6 is 0 Å². The van der Waals surface area contributed by atoms with Gasteiger partial charge in [0.1, 0.15) is 5.52 Å². The van der Waals surface area contributed by atoms with E-state index in [2.05, 4.69) is 9.97 Å².